The van der Waals surface area contributed by atoms with E-state index in [1.54, 1.807) is 40.2 Å². The Bertz CT molecular complexity index is 1260. The van der Waals surface area contributed by atoms with Crippen molar-refractivity contribution in [1.82, 2.24) is 19.5 Å². The molecule has 34 heavy (non-hydrogen) atoms. The third-order valence-corrected chi connectivity index (χ3v) is 7.52. The summed E-state index contributed by atoms with van der Waals surface area (Å²) in [6.07, 6.45) is 7.39. The first-order valence-electron chi connectivity index (χ1n) is 11.0. The van der Waals surface area contributed by atoms with Crippen LogP contribution < -0.4 is 0 Å². The van der Waals surface area contributed by atoms with Gasteiger partial charge >= 0.3 is 0 Å². The topological polar surface area (TPSA) is 46.5 Å². The molecule has 0 fully saturated rings. The molecule has 4 nitrogen and oxygen atoms in total. The van der Waals surface area contributed by atoms with Crippen LogP contribution in [0.1, 0.15) is 28.1 Å². The summed E-state index contributed by atoms with van der Waals surface area (Å²) in [4.78, 5) is 12.4. The molecule has 6 rings (SSSR count). The SMILES string of the molecule is c1ccc(-c2nc(Cc3ccsc3)c(Cc3ccsc3)[nH]2)cc1.c1cn(Cc2ccsc2)cn1. The van der Waals surface area contributed by atoms with Crippen molar-refractivity contribution >= 4 is 34.0 Å². The maximum Gasteiger partial charge on any atom is 0.137 e. The molecule has 170 valence electrons. The predicted molar refractivity (Wildman–Crippen MR) is 144 cm³/mol. The van der Waals surface area contributed by atoms with E-state index in [1.165, 1.54) is 22.4 Å². The molecule has 0 atom stereocenters. The summed E-state index contributed by atoms with van der Waals surface area (Å²) in [5.41, 5.74) is 7.50. The second kappa shape index (κ2) is 11.2. The summed E-state index contributed by atoms with van der Waals surface area (Å²) in [6, 6.07) is 16.8. The number of benzene rings is 1. The summed E-state index contributed by atoms with van der Waals surface area (Å²) in [6.45, 7) is 0.934. The van der Waals surface area contributed by atoms with Gasteiger partial charge in [0, 0.05) is 43.0 Å². The number of nitrogens with zero attached hydrogens (tertiary/aromatic N) is 3. The zero-order chi connectivity index (χ0) is 23.0. The van der Waals surface area contributed by atoms with Gasteiger partial charge in [0.2, 0.25) is 0 Å². The molecule has 1 aromatic carbocycles. The number of nitrogens with one attached hydrogen (secondary N) is 1. The second-order valence-electron chi connectivity index (χ2n) is 7.86. The van der Waals surface area contributed by atoms with Crippen molar-refractivity contribution in [3.63, 3.8) is 0 Å². The Kier molecular flexibility index (Phi) is 7.45. The van der Waals surface area contributed by atoms with E-state index >= 15 is 0 Å². The number of hydrogen-bond acceptors (Lipinski definition) is 5. The van der Waals surface area contributed by atoms with Gasteiger partial charge in [-0.3, -0.25) is 0 Å². The average Bonchev–Trinajstić information content (AvgIpc) is 3.68. The standard InChI is InChI=1S/C19H16N2S2.C8H8N2S/c1-2-4-16(5-3-1)19-20-17(10-14-6-8-22-12-14)18(21-19)11-15-7-9-23-13-15;1-4-11-6-8(1)5-10-3-2-9-7-10/h1-9,12-13H,10-11H2,(H,20,21);1-4,6-7H,5H2. The first-order valence-corrected chi connectivity index (χ1v) is 13.8. The van der Waals surface area contributed by atoms with Crippen LogP contribution in [0, 0.1) is 0 Å². The molecule has 1 N–H and O–H groups in total. The number of hydrogen-bond donors (Lipinski definition) is 1. The number of rotatable bonds is 7. The van der Waals surface area contributed by atoms with E-state index in [1.807, 2.05) is 18.6 Å². The van der Waals surface area contributed by atoms with Crippen molar-refractivity contribution in [3.8, 4) is 11.4 Å². The Morgan fingerprint density at radius 1 is 0.765 bits per heavy atom. The largest absolute Gasteiger partial charge is 0.341 e. The molecule has 5 heterocycles. The minimum atomic E-state index is 0.881. The molecule has 7 heteroatoms. The highest BCUT2D eigenvalue weighted by atomic mass is 32.1. The highest BCUT2D eigenvalue weighted by Crippen LogP contribution is 2.23. The fourth-order valence-electron chi connectivity index (χ4n) is 3.63. The minimum absolute atomic E-state index is 0.881. The first kappa shape index (κ1) is 22.5. The Morgan fingerprint density at radius 2 is 1.44 bits per heavy atom. The number of thiophene rings is 3. The summed E-state index contributed by atoms with van der Waals surface area (Å²) in [5.74, 6) is 0.959. The average molecular weight is 501 g/mol. The van der Waals surface area contributed by atoms with Gasteiger partial charge in [0.15, 0.2) is 0 Å². The molecule has 0 aliphatic heterocycles. The maximum atomic E-state index is 4.89. The third kappa shape index (κ3) is 5.99. The fraction of sp³-hybridized carbons (Fsp3) is 0.111. The zero-order valence-corrected chi connectivity index (χ0v) is 21.0. The van der Waals surface area contributed by atoms with Crippen LogP contribution >= 0.6 is 34.0 Å². The molecular formula is C27H24N4S3. The first-order chi connectivity index (χ1) is 16.8. The Balaban J connectivity index is 0.000000183. The fourth-order valence-corrected chi connectivity index (χ4v) is 5.63. The number of imidazole rings is 2. The van der Waals surface area contributed by atoms with E-state index in [-0.39, 0.29) is 0 Å². The van der Waals surface area contributed by atoms with Crippen molar-refractivity contribution in [2.24, 2.45) is 0 Å². The Morgan fingerprint density at radius 3 is 2.06 bits per heavy atom. The van der Waals surface area contributed by atoms with Gasteiger partial charge in [-0.15, -0.1) is 0 Å². The van der Waals surface area contributed by atoms with Crippen LogP contribution in [0.15, 0.2) is 99.5 Å². The van der Waals surface area contributed by atoms with Gasteiger partial charge in [-0.05, 0) is 67.2 Å². The van der Waals surface area contributed by atoms with E-state index in [0.717, 1.165) is 36.5 Å². The lowest BCUT2D eigenvalue weighted by Crippen LogP contribution is -1.95. The molecule has 0 saturated carbocycles. The van der Waals surface area contributed by atoms with Crippen LogP contribution in [0.25, 0.3) is 11.4 Å². The highest BCUT2D eigenvalue weighted by Gasteiger charge is 2.13. The van der Waals surface area contributed by atoms with Gasteiger partial charge in [0.1, 0.15) is 5.82 Å². The molecule has 0 unspecified atom stereocenters. The van der Waals surface area contributed by atoms with E-state index in [2.05, 4.69) is 89.3 Å². The van der Waals surface area contributed by atoms with Crippen molar-refractivity contribution in [3.05, 3.63) is 128 Å². The van der Waals surface area contributed by atoms with Crippen LogP contribution in [0.5, 0.6) is 0 Å². The molecule has 0 saturated heterocycles. The van der Waals surface area contributed by atoms with Gasteiger partial charge in [-0.25, -0.2) is 9.97 Å². The normalized spacial score (nSPS) is 10.7. The van der Waals surface area contributed by atoms with Gasteiger partial charge in [0.05, 0.1) is 12.0 Å². The van der Waals surface area contributed by atoms with E-state index in [4.69, 9.17) is 4.98 Å². The van der Waals surface area contributed by atoms with Crippen LogP contribution in [0.2, 0.25) is 0 Å². The lowest BCUT2D eigenvalue weighted by atomic mass is 10.1. The smallest absolute Gasteiger partial charge is 0.137 e. The number of aromatic amines is 1. The lowest BCUT2D eigenvalue weighted by molar-refractivity contribution is 0.800. The quantitative estimate of drug-likeness (QED) is 0.249. The van der Waals surface area contributed by atoms with E-state index in [9.17, 15) is 0 Å². The van der Waals surface area contributed by atoms with Gasteiger partial charge < -0.3 is 9.55 Å². The van der Waals surface area contributed by atoms with Crippen molar-refractivity contribution in [2.45, 2.75) is 19.4 Å². The van der Waals surface area contributed by atoms with Gasteiger partial charge in [-0.2, -0.15) is 34.0 Å². The van der Waals surface area contributed by atoms with Crippen LogP contribution in [-0.2, 0) is 19.4 Å². The summed E-state index contributed by atoms with van der Waals surface area (Å²) < 4.78 is 2.06. The van der Waals surface area contributed by atoms with Crippen molar-refractivity contribution < 1.29 is 0 Å². The van der Waals surface area contributed by atoms with E-state index < -0.39 is 0 Å². The Labute approximate surface area is 211 Å². The third-order valence-electron chi connectivity index (χ3n) is 5.33. The molecule has 0 bridgehead atoms. The second-order valence-corrected chi connectivity index (χ2v) is 10.2. The molecule has 0 amide bonds. The van der Waals surface area contributed by atoms with Crippen LogP contribution in [-0.4, -0.2) is 19.5 Å². The molecule has 6 aromatic rings. The Hall–Kier alpha value is -3.26. The lowest BCUT2D eigenvalue weighted by Gasteiger charge is -2.00. The molecule has 0 spiro atoms. The van der Waals surface area contributed by atoms with Gasteiger partial charge in [0.25, 0.3) is 0 Å². The maximum absolute atomic E-state index is 4.89. The highest BCUT2D eigenvalue weighted by molar-refractivity contribution is 7.08. The van der Waals surface area contributed by atoms with Crippen LogP contribution in [0.3, 0.4) is 0 Å². The molecule has 0 aliphatic rings. The monoisotopic (exact) mass is 500 g/mol. The van der Waals surface area contributed by atoms with Crippen molar-refractivity contribution in [1.29, 1.82) is 0 Å². The molecular weight excluding hydrogens is 477 g/mol. The van der Waals surface area contributed by atoms with Gasteiger partial charge in [-0.1, -0.05) is 30.3 Å². The molecule has 0 radical (unpaired) electrons. The molecule has 5 aromatic heterocycles. The predicted octanol–water partition coefficient (Wildman–Crippen LogP) is 7.37. The zero-order valence-electron chi connectivity index (χ0n) is 18.5. The summed E-state index contributed by atoms with van der Waals surface area (Å²) >= 11 is 5.21. The minimum Gasteiger partial charge on any atom is -0.341 e. The molecule has 0 aliphatic carbocycles. The van der Waals surface area contributed by atoms with E-state index in [0.29, 0.717) is 0 Å². The van der Waals surface area contributed by atoms with Crippen LogP contribution in [0.4, 0.5) is 0 Å². The summed E-state index contributed by atoms with van der Waals surface area (Å²) in [5, 5.41) is 12.9. The van der Waals surface area contributed by atoms with Crippen molar-refractivity contribution in [2.75, 3.05) is 0 Å². The summed E-state index contributed by atoms with van der Waals surface area (Å²) in [7, 11) is 0. The number of aromatic nitrogens is 4. The number of H-pyrrole nitrogens is 1.